The highest BCUT2D eigenvalue weighted by Crippen LogP contribution is 2.36. The molecule has 0 amide bonds. The summed E-state index contributed by atoms with van der Waals surface area (Å²) in [5, 5.41) is 0.476. The maximum atomic E-state index is 12.1. The maximum absolute atomic E-state index is 12.1. The molecule has 9 heteroatoms. The van der Waals surface area contributed by atoms with Gasteiger partial charge in [-0.1, -0.05) is 23.2 Å². The molecular formula is C13H9Cl2F3N2O2. The summed E-state index contributed by atoms with van der Waals surface area (Å²) in [6.07, 6.45) is -4.74. The standard InChI is InChI=1S/C13H9Cl2F3N2O2/c14-10-5-9(6-11(15)12(10)20-19)21-7-1-3-8(4-2-7)22-13(16,17)18/h1-6,20H,19H2. The van der Waals surface area contributed by atoms with Crippen molar-refractivity contribution in [1.82, 2.24) is 0 Å². The Morgan fingerprint density at radius 1 is 0.909 bits per heavy atom. The van der Waals surface area contributed by atoms with Gasteiger partial charge in [-0.05, 0) is 24.3 Å². The second kappa shape index (κ2) is 6.51. The van der Waals surface area contributed by atoms with E-state index in [4.69, 9.17) is 33.8 Å². The number of nitrogen functional groups attached to an aromatic ring is 1. The average Bonchev–Trinajstić information content (AvgIpc) is 2.39. The van der Waals surface area contributed by atoms with Crippen molar-refractivity contribution in [3.63, 3.8) is 0 Å². The highest BCUT2D eigenvalue weighted by atomic mass is 35.5. The molecule has 2 aromatic rings. The third-order valence-corrected chi connectivity index (χ3v) is 3.05. The number of benzene rings is 2. The first-order valence-corrected chi connectivity index (χ1v) is 6.53. The van der Waals surface area contributed by atoms with Crippen LogP contribution in [0.25, 0.3) is 0 Å². The normalized spacial score (nSPS) is 11.2. The second-order valence-corrected chi connectivity index (χ2v) is 4.84. The van der Waals surface area contributed by atoms with Crippen molar-refractivity contribution in [2.75, 3.05) is 5.43 Å². The van der Waals surface area contributed by atoms with E-state index in [0.29, 0.717) is 11.4 Å². The Morgan fingerprint density at radius 2 is 1.41 bits per heavy atom. The van der Waals surface area contributed by atoms with Crippen molar-refractivity contribution in [2.24, 2.45) is 5.84 Å². The second-order valence-electron chi connectivity index (χ2n) is 4.03. The van der Waals surface area contributed by atoms with E-state index in [1.54, 1.807) is 0 Å². The zero-order valence-corrected chi connectivity index (χ0v) is 12.3. The Morgan fingerprint density at radius 3 is 1.86 bits per heavy atom. The molecule has 2 rings (SSSR count). The number of alkyl halides is 3. The van der Waals surface area contributed by atoms with E-state index in [1.165, 1.54) is 24.3 Å². The molecule has 0 atom stereocenters. The van der Waals surface area contributed by atoms with E-state index in [-0.39, 0.29) is 21.5 Å². The fourth-order valence-corrected chi connectivity index (χ4v) is 2.17. The van der Waals surface area contributed by atoms with Gasteiger partial charge in [-0.3, -0.25) is 5.84 Å². The fourth-order valence-electron chi connectivity index (χ4n) is 1.59. The molecule has 4 nitrogen and oxygen atoms in total. The first-order chi connectivity index (χ1) is 10.3. The molecule has 22 heavy (non-hydrogen) atoms. The molecule has 0 saturated carbocycles. The van der Waals surface area contributed by atoms with Crippen molar-refractivity contribution >= 4 is 28.9 Å². The lowest BCUT2D eigenvalue weighted by Crippen LogP contribution is -2.16. The van der Waals surface area contributed by atoms with Crippen LogP contribution in [0, 0.1) is 0 Å². The van der Waals surface area contributed by atoms with Crippen molar-refractivity contribution in [2.45, 2.75) is 6.36 Å². The van der Waals surface area contributed by atoms with E-state index in [9.17, 15) is 13.2 Å². The summed E-state index contributed by atoms with van der Waals surface area (Å²) in [5.74, 6) is 5.50. The van der Waals surface area contributed by atoms with Crippen LogP contribution in [0.5, 0.6) is 17.2 Å². The SMILES string of the molecule is NNc1c(Cl)cc(Oc2ccc(OC(F)(F)F)cc2)cc1Cl. The molecule has 0 radical (unpaired) electrons. The summed E-state index contributed by atoms with van der Waals surface area (Å²) in [6.45, 7) is 0. The number of nitrogens with two attached hydrogens (primary N) is 1. The number of ether oxygens (including phenoxy) is 2. The Balaban J connectivity index is 2.14. The summed E-state index contributed by atoms with van der Waals surface area (Å²) in [5.41, 5.74) is 2.68. The van der Waals surface area contributed by atoms with E-state index in [0.717, 1.165) is 12.1 Å². The summed E-state index contributed by atoms with van der Waals surface area (Å²) in [4.78, 5) is 0. The minimum absolute atomic E-state index is 0.238. The van der Waals surface area contributed by atoms with Crippen LogP contribution in [0.3, 0.4) is 0 Å². The molecule has 0 aliphatic rings. The number of halogens is 5. The molecule has 0 aliphatic carbocycles. The van der Waals surface area contributed by atoms with E-state index in [2.05, 4.69) is 10.2 Å². The van der Waals surface area contributed by atoms with Crippen LogP contribution >= 0.6 is 23.2 Å². The zero-order chi connectivity index (χ0) is 16.3. The van der Waals surface area contributed by atoms with Gasteiger partial charge in [-0.25, -0.2) is 0 Å². The number of hydrogen-bond donors (Lipinski definition) is 2. The van der Waals surface area contributed by atoms with Crippen LogP contribution in [-0.4, -0.2) is 6.36 Å². The van der Waals surface area contributed by atoms with Gasteiger partial charge in [0.1, 0.15) is 17.2 Å². The van der Waals surface area contributed by atoms with Crippen molar-refractivity contribution in [1.29, 1.82) is 0 Å². The van der Waals surface area contributed by atoms with Crippen LogP contribution in [-0.2, 0) is 0 Å². The molecule has 3 N–H and O–H groups in total. The van der Waals surface area contributed by atoms with Crippen LogP contribution in [0.15, 0.2) is 36.4 Å². The van der Waals surface area contributed by atoms with Gasteiger partial charge in [-0.15, -0.1) is 13.2 Å². The van der Waals surface area contributed by atoms with E-state index in [1.807, 2.05) is 0 Å². The summed E-state index contributed by atoms with van der Waals surface area (Å²) in [6, 6.07) is 7.81. The lowest BCUT2D eigenvalue weighted by atomic mass is 10.3. The topological polar surface area (TPSA) is 56.5 Å². The van der Waals surface area contributed by atoms with Gasteiger partial charge >= 0.3 is 6.36 Å². The monoisotopic (exact) mass is 352 g/mol. The molecule has 118 valence electrons. The number of nitrogens with one attached hydrogen (secondary N) is 1. The molecule has 2 aromatic carbocycles. The van der Waals surface area contributed by atoms with Gasteiger partial charge in [0.25, 0.3) is 0 Å². The Kier molecular flexibility index (Phi) is 4.90. The van der Waals surface area contributed by atoms with Crippen LogP contribution in [0.4, 0.5) is 18.9 Å². The number of hydrazine groups is 1. The number of rotatable bonds is 4. The molecule has 0 fully saturated rings. The lowest BCUT2D eigenvalue weighted by Gasteiger charge is -2.12. The molecule has 0 aliphatic heterocycles. The van der Waals surface area contributed by atoms with Gasteiger partial charge < -0.3 is 14.9 Å². The zero-order valence-electron chi connectivity index (χ0n) is 10.7. The van der Waals surface area contributed by atoms with Gasteiger partial charge in [-0.2, -0.15) is 0 Å². The largest absolute Gasteiger partial charge is 0.573 e. The molecule has 0 spiro atoms. The number of anilines is 1. The van der Waals surface area contributed by atoms with Crippen LogP contribution < -0.4 is 20.7 Å². The van der Waals surface area contributed by atoms with E-state index < -0.39 is 6.36 Å². The Labute approximate surface area is 133 Å². The average molecular weight is 353 g/mol. The fraction of sp³-hybridized carbons (Fsp3) is 0.0769. The van der Waals surface area contributed by atoms with Gasteiger partial charge in [0, 0.05) is 12.1 Å². The summed E-state index contributed by atoms with van der Waals surface area (Å²) < 4.78 is 45.4. The Hall–Kier alpha value is -1.83. The summed E-state index contributed by atoms with van der Waals surface area (Å²) in [7, 11) is 0. The van der Waals surface area contributed by atoms with Gasteiger partial charge in [0.2, 0.25) is 0 Å². The minimum Gasteiger partial charge on any atom is -0.457 e. The van der Waals surface area contributed by atoms with Gasteiger partial charge in [0.05, 0.1) is 15.7 Å². The quantitative estimate of drug-likeness (QED) is 0.602. The highest BCUT2D eigenvalue weighted by Gasteiger charge is 2.30. The molecule has 0 unspecified atom stereocenters. The van der Waals surface area contributed by atoms with Crippen molar-refractivity contribution in [3.05, 3.63) is 46.4 Å². The first kappa shape index (κ1) is 16.5. The molecular weight excluding hydrogens is 344 g/mol. The number of hydrogen-bond acceptors (Lipinski definition) is 4. The summed E-state index contributed by atoms with van der Waals surface area (Å²) >= 11 is 11.9. The predicted octanol–water partition coefficient (Wildman–Crippen LogP) is 4.97. The van der Waals surface area contributed by atoms with Crippen molar-refractivity contribution in [3.8, 4) is 17.2 Å². The third kappa shape index (κ3) is 4.33. The molecule has 0 saturated heterocycles. The third-order valence-electron chi connectivity index (χ3n) is 2.45. The molecule has 0 bridgehead atoms. The van der Waals surface area contributed by atoms with E-state index >= 15 is 0 Å². The first-order valence-electron chi connectivity index (χ1n) is 5.78. The van der Waals surface area contributed by atoms with Crippen LogP contribution in [0.1, 0.15) is 0 Å². The van der Waals surface area contributed by atoms with Crippen molar-refractivity contribution < 1.29 is 22.6 Å². The lowest BCUT2D eigenvalue weighted by molar-refractivity contribution is -0.274. The Bertz CT molecular complexity index is 640. The molecule has 0 heterocycles. The van der Waals surface area contributed by atoms with Gasteiger partial charge in [0.15, 0.2) is 0 Å². The maximum Gasteiger partial charge on any atom is 0.573 e. The predicted molar refractivity (Wildman–Crippen MR) is 77.5 cm³/mol. The smallest absolute Gasteiger partial charge is 0.457 e. The molecule has 0 aromatic heterocycles. The van der Waals surface area contributed by atoms with Crippen LogP contribution in [0.2, 0.25) is 10.0 Å². The minimum atomic E-state index is -4.74. The highest BCUT2D eigenvalue weighted by molar-refractivity contribution is 6.39.